The van der Waals surface area contributed by atoms with Crippen molar-refractivity contribution in [3.63, 3.8) is 0 Å². The molecule has 1 N–H and O–H groups in total. The zero-order valence-corrected chi connectivity index (χ0v) is 9.89. The van der Waals surface area contributed by atoms with Crippen LogP contribution in [0, 0.1) is 11.3 Å². The molecule has 1 heteroatoms. The first-order valence-electron chi connectivity index (χ1n) is 5.09. The van der Waals surface area contributed by atoms with E-state index in [2.05, 4.69) is 34.6 Å². The Hall–Kier alpha value is -0.300. The summed E-state index contributed by atoms with van der Waals surface area (Å²) in [5, 5.41) is 10.5. The molecule has 0 heterocycles. The van der Waals surface area contributed by atoms with Crippen molar-refractivity contribution in [1.29, 1.82) is 0 Å². The van der Waals surface area contributed by atoms with E-state index >= 15 is 0 Å². The van der Waals surface area contributed by atoms with E-state index in [0.29, 0.717) is 0 Å². The quantitative estimate of drug-likeness (QED) is 0.667. The monoisotopic (exact) mass is 184 g/mol. The molecule has 1 nitrogen and oxygen atoms in total. The molecule has 0 spiro atoms. The van der Waals surface area contributed by atoms with E-state index in [1.54, 1.807) is 0 Å². The van der Waals surface area contributed by atoms with Crippen molar-refractivity contribution in [2.45, 2.75) is 53.6 Å². The lowest BCUT2D eigenvalue weighted by molar-refractivity contribution is -0.0918. The zero-order chi connectivity index (χ0) is 10.7. The van der Waals surface area contributed by atoms with Crippen LogP contribution in [0.4, 0.5) is 0 Å². The summed E-state index contributed by atoms with van der Waals surface area (Å²) in [6.07, 6.45) is 4.79. The summed E-state index contributed by atoms with van der Waals surface area (Å²) in [5.74, 6) is 0.281. The fourth-order valence-corrected chi connectivity index (χ4v) is 1.71. The van der Waals surface area contributed by atoms with Gasteiger partial charge in [0.1, 0.15) is 0 Å². The molecule has 13 heavy (non-hydrogen) atoms. The molecule has 0 rings (SSSR count). The summed E-state index contributed by atoms with van der Waals surface area (Å²) in [6.45, 7) is 12.4. The molecule has 0 saturated heterocycles. The summed E-state index contributed by atoms with van der Waals surface area (Å²) >= 11 is 0. The maximum Gasteiger partial charge on any atom is 0.0752 e. The van der Waals surface area contributed by atoms with Crippen molar-refractivity contribution in [3.05, 3.63) is 12.2 Å². The average molecular weight is 184 g/mol. The molecule has 1 unspecified atom stereocenters. The van der Waals surface area contributed by atoms with Crippen molar-refractivity contribution in [2.75, 3.05) is 0 Å². The molecule has 0 aromatic heterocycles. The molecule has 78 valence electrons. The van der Waals surface area contributed by atoms with Crippen LogP contribution in [0.25, 0.3) is 0 Å². The number of rotatable bonds is 3. The second kappa shape index (κ2) is 4.28. The highest BCUT2D eigenvalue weighted by Crippen LogP contribution is 2.39. The SMILES string of the molecule is C/C=C\CC(O)(C(C)C)C(C)(C)C. The molecule has 0 aromatic carbocycles. The molecular weight excluding hydrogens is 160 g/mol. The fourth-order valence-electron chi connectivity index (χ4n) is 1.71. The van der Waals surface area contributed by atoms with Gasteiger partial charge in [0.25, 0.3) is 0 Å². The minimum Gasteiger partial charge on any atom is -0.389 e. The Labute approximate surface area is 82.9 Å². The smallest absolute Gasteiger partial charge is 0.0752 e. The number of aliphatic hydroxyl groups is 1. The first-order chi connectivity index (χ1) is 5.75. The molecule has 0 aromatic rings. The third kappa shape index (κ3) is 2.84. The van der Waals surface area contributed by atoms with Crippen molar-refractivity contribution in [3.8, 4) is 0 Å². The van der Waals surface area contributed by atoms with Crippen LogP contribution >= 0.6 is 0 Å². The van der Waals surface area contributed by atoms with Gasteiger partial charge < -0.3 is 5.11 Å². The standard InChI is InChI=1S/C12H24O/c1-7-8-9-12(13,10(2)3)11(4,5)6/h7-8,10,13H,9H2,1-6H3/b8-7-. The van der Waals surface area contributed by atoms with Gasteiger partial charge in [0.05, 0.1) is 5.60 Å². The van der Waals surface area contributed by atoms with Crippen molar-refractivity contribution in [2.24, 2.45) is 11.3 Å². The van der Waals surface area contributed by atoms with Crippen LogP contribution < -0.4 is 0 Å². The van der Waals surface area contributed by atoms with Crippen LogP contribution in [0.3, 0.4) is 0 Å². The molecule has 0 aliphatic rings. The van der Waals surface area contributed by atoms with Gasteiger partial charge in [-0.3, -0.25) is 0 Å². The molecule has 0 aliphatic heterocycles. The van der Waals surface area contributed by atoms with Crippen molar-refractivity contribution >= 4 is 0 Å². The maximum absolute atomic E-state index is 10.5. The molecule has 0 radical (unpaired) electrons. The minimum atomic E-state index is -0.598. The molecule has 1 atom stereocenters. The topological polar surface area (TPSA) is 20.2 Å². The van der Waals surface area contributed by atoms with E-state index in [4.69, 9.17) is 0 Å². The fraction of sp³-hybridized carbons (Fsp3) is 0.833. The van der Waals surface area contributed by atoms with Gasteiger partial charge in [-0.25, -0.2) is 0 Å². The number of hydrogen-bond acceptors (Lipinski definition) is 1. The van der Waals surface area contributed by atoms with E-state index in [0.717, 1.165) is 6.42 Å². The summed E-state index contributed by atoms with van der Waals surface area (Å²) in [6, 6.07) is 0. The predicted octanol–water partition coefficient (Wildman–Crippen LogP) is 3.39. The largest absolute Gasteiger partial charge is 0.389 e. The van der Waals surface area contributed by atoms with Gasteiger partial charge >= 0.3 is 0 Å². The van der Waals surface area contributed by atoms with E-state index in [1.165, 1.54) is 0 Å². The van der Waals surface area contributed by atoms with Gasteiger partial charge in [-0.05, 0) is 24.7 Å². The Bertz CT molecular complexity index is 174. The van der Waals surface area contributed by atoms with Crippen LogP contribution in [0.1, 0.15) is 48.0 Å². The summed E-state index contributed by atoms with van der Waals surface area (Å²) in [4.78, 5) is 0. The normalized spacial score (nSPS) is 18.2. The lowest BCUT2D eigenvalue weighted by atomic mass is 9.68. The van der Waals surface area contributed by atoms with Crippen molar-refractivity contribution < 1.29 is 5.11 Å². The average Bonchev–Trinajstić information content (AvgIpc) is 1.97. The van der Waals surface area contributed by atoms with Crippen LogP contribution in [0.5, 0.6) is 0 Å². The molecule has 0 bridgehead atoms. The number of hydrogen-bond donors (Lipinski definition) is 1. The Morgan fingerprint density at radius 1 is 1.23 bits per heavy atom. The highest BCUT2D eigenvalue weighted by molar-refractivity contribution is 4.98. The van der Waals surface area contributed by atoms with E-state index in [1.807, 2.05) is 19.1 Å². The van der Waals surface area contributed by atoms with Gasteiger partial charge in [-0.1, -0.05) is 46.8 Å². The first-order valence-corrected chi connectivity index (χ1v) is 5.09. The zero-order valence-electron chi connectivity index (χ0n) is 9.89. The van der Waals surface area contributed by atoms with Gasteiger partial charge in [0.15, 0.2) is 0 Å². The van der Waals surface area contributed by atoms with E-state index in [-0.39, 0.29) is 11.3 Å². The van der Waals surface area contributed by atoms with Crippen molar-refractivity contribution in [1.82, 2.24) is 0 Å². The van der Waals surface area contributed by atoms with Gasteiger partial charge in [-0.2, -0.15) is 0 Å². The minimum absolute atomic E-state index is 0.0688. The Kier molecular flexibility index (Phi) is 4.18. The van der Waals surface area contributed by atoms with Gasteiger partial charge in [0, 0.05) is 0 Å². The van der Waals surface area contributed by atoms with Gasteiger partial charge in [-0.15, -0.1) is 0 Å². The first kappa shape index (κ1) is 12.7. The molecule has 0 saturated carbocycles. The summed E-state index contributed by atoms with van der Waals surface area (Å²) in [5.41, 5.74) is -0.666. The highest BCUT2D eigenvalue weighted by atomic mass is 16.3. The molecule has 0 fully saturated rings. The summed E-state index contributed by atoms with van der Waals surface area (Å²) < 4.78 is 0. The van der Waals surface area contributed by atoms with Crippen LogP contribution in [-0.2, 0) is 0 Å². The van der Waals surface area contributed by atoms with E-state index in [9.17, 15) is 5.11 Å². The molecule has 0 aliphatic carbocycles. The second-order valence-electron chi connectivity index (χ2n) is 5.10. The van der Waals surface area contributed by atoms with Crippen LogP contribution in [0.2, 0.25) is 0 Å². The van der Waals surface area contributed by atoms with E-state index < -0.39 is 5.60 Å². The maximum atomic E-state index is 10.5. The second-order valence-corrected chi connectivity index (χ2v) is 5.10. The highest BCUT2D eigenvalue weighted by Gasteiger charge is 2.41. The lowest BCUT2D eigenvalue weighted by Crippen LogP contribution is -2.47. The predicted molar refractivity (Wildman–Crippen MR) is 58.7 cm³/mol. The van der Waals surface area contributed by atoms with Crippen LogP contribution in [0.15, 0.2) is 12.2 Å². The Balaban J connectivity index is 4.74. The third-order valence-electron chi connectivity index (χ3n) is 2.92. The van der Waals surface area contributed by atoms with Gasteiger partial charge in [0.2, 0.25) is 0 Å². The third-order valence-corrected chi connectivity index (χ3v) is 2.92. The Morgan fingerprint density at radius 2 is 1.69 bits per heavy atom. The van der Waals surface area contributed by atoms with Crippen LogP contribution in [-0.4, -0.2) is 10.7 Å². The Morgan fingerprint density at radius 3 is 1.92 bits per heavy atom. The molecule has 0 amide bonds. The lowest BCUT2D eigenvalue weighted by Gasteiger charge is -2.43. The molecular formula is C12H24O. The number of allylic oxidation sites excluding steroid dienone is 1. The summed E-state index contributed by atoms with van der Waals surface area (Å²) in [7, 11) is 0.